The molecule has 2 nitrogen and oxygen atoms in total. The van der Waals surface area contributed by atoms with E-state index in [4.69, 9.17) is 11.6 Å². The summed E-state index contributed by atoms with van der Waals surface area (Å²) in [5.41, 5.74) is 2.25. The molecule has 1 N–H and O–H groups in total. The third-order valence-corrected chi connectivity index (χ3v) is 3.50. The van der Waals surface area contributed by atoms with Crippen LogP contribution in [0.15, 0.2) is 53.7 Å². The van der Waals surface area contributed by atoms with Crippen LogP contribution in [0.2, 0.25) is 0 Å². The van der Waals surface area contributed by atoms with E-state index in [9.17, 15) is 4.79 Å². The lowest BCUT2D eigenvalue weighted by molar-refractivity contribution is -0.117. The molecule has 0 amide bonds. The molecule has 1 aliphatic rings. The molecule has 0 bridgehead atoms. The van der Waals surface area contributed by atoms with E-state index in [2.05, 4.69) is 11.1 Å². The van der Waals surface area contributed by atoms with E-state index >= 15 is 0 Å². The second kappa shape index (κ2) is 4.46. The minimum absolute atomic E-state index is 0.115. The number of rotatable bonds is 2. The van der Waals surface area contributed by atoms with Gasteiger partial charge in [0, 0.05) is 28.0 Å². The second-order valence-electron chi connectivity index (χ2n) is 4.46. The highest BCUT2D eigenvalue weighted by molar-refractivity contribution is 6.32. The zero-order valence-electron chi connectivity index (χ0n) is 9.69. The topological polar surface area (TPSA) is 32.9 Å². The Morgan fingerprint density at radius 2 is 2.06 bits per heavy atom. The first-order valence-corrected chi connectivity index (χ1v) is 6.26. The van der Waals surface area contributed by atoms with Gasteiger partial charge < -0.3 is 4.98 Å². The van der Waals surface area contributed by atoms with E-state index in [0.29, 0.717) is 11.5 Å². The molecule has 0 spiro atoms. The highest BCUT2D eigenvalue weighted by Gasteiger charge is 2.19. The van der Waals surface area contributed by atoms with Crippen molar-refractivity contribution in [1.82, 2.24) is 4.98 Å². The van der Waals surface area contributed by atoms with E-state index < -0.39 is 0 Å². The number of hydrogen-bond donors (Lipinski definition) is 1. The average Bonchev–Trinajstić information content (AvgIpc) is 2.78. The summed E-state index contributed by atoms with van der Waals surface area (Å²) in [7, 11) is 0. The molecule has 1 atom stereocenters. The average molecular weight is 258 g/mol. The summed E-state index contributed by atoms with van der Waals surface area (Å²) in [6.07, 6.45) is 7.69. The van der Waals surface area contributed by atoms with Gasteiger partial charge in [0.25, 0.3) is 0 Å². The predicted molar refractivity (Wildman–Crippen MR) is 73.6 cm³/mol. The minimum atomic E-state index is -0.151. The number of aromatic nitrogens is 1. The van der Waals surface area contributed by atoms with Crippen LogP contribution < -0.4 is 0 Å². The van der Waals surface area contributed by atoms with Crippen molar-refractivity contribution in [2.45, 2.75) is 6.42 Å². The number of H-pyrrole nitrogens is 1. The molecule has 0 fully saturated rings. The van der Waals surface area contributed by atoms with Crippen molar-refractivity contribution >= 4 is 28.3 Å². The van der Waals surface area contributed by atoms with E-state index in [0.717, 1.165) is 11.1 Å². The van der Waals surface area contributed by atoms with Crippen LogP contribution in [0, 0.1) is 5.92 Å². The lowest BCUT2D eigenvalue weighted by Gasteiger charge is -2.12. The SMILES string of the molecule is O=C1C=CC(Cl)=CC1Cc1c[nH]c2ccccc12. The fraction of sp³-hybridized carbons (Fsp3) is 0.133. The quantitative estimate of drug-likeness (QED) is 0.876. The van der Waals surface area contributed by atoms with Gasteiger partial charge in [-0.25, -0.2) is 0 Å². The van der Waals surface area contributed by atoms with Crippen molar-refractivity contribution in [2.24, 2.45) is 5.92 Å². The standard InChI is InChI=1S/C15H12ClNO/c16-12-5-6-15(18)10(8-12)7-11-9-17-14-4-2-1-3-13(11)14/h1-6,8-10,17H,7H2. The smallest absolute Gasteiger partial charge is 0.162 e. The van der Waals surface area contributed by atoms with Crippen molar-refractivity contribution in [2.75, 3.05) is 0 Å². The predicted octanol–water partition coefficient (Wildman–Crippen LogP) is 3.59. The van der Waals surface area contributed by atoms with Crippen LogP contribution in [-0.4, -0.2) is 10.8 Å². The van der Waals surface area contributed by atoms with Crippen molar-refractivity contribution < 1.29 is 4.79 Å². The number of nitrogens with one attached hydrogen (secondary N) is 1. The van der Waals surface area contributed by atoms with Gasteiger partial charge >= 0.3 is 0 Å². The maximum absolute atomic E-state index is 11.8. The number of benzene rings is 1. The number of aromatic amines is 1. The fourth-order valence-electron chi connectivity index (χ4n) is 2.31. The lowest BCUT2D eigenvalue weighted by atomic mass is 9.92. The van der Waals surface area contributed by atoms with E-state index in [1.165, 1.54) is 5.39 Å². The molecular formula is C15H12ClNO. The number of hydrogen-bond acceptors (Lipinski definition) is 1. The van der Waals surface area contributed by atoms with Gasteiger partial charge in [-0.1, -0.05) is 35.9 Å². The first kappa shape index (κ1) is 11.3. The van der Waals surface area contributed by atoms with Crippen molar-refractivity contribution in [1.29, 1.82) is 0 Å². The van der Waals surface area contributed by atoms with Crippen LogP contribution >= 0.6 is 11.6 Å². The maximum Gasteiger partial charge on any atom is 0.162 e. The molecule has 0 radical (unpaired) electrons. The Balaban J connectivity index is 1.93. The van der Waals surface area contributed by atoms with Gasteiger partial charge in [0.1, 0.15) is 0 Å². The molecule has 0 aliphatic heterocycles. The summed E-state index contributed by atoms with van der Waals surface area (Å²) in [6, 6.07) is 8.10. The van der Waals surface area contributed by atoms with Crippen LogP contribution in [0.3, 0.4) is 0 Å². The van der Waals surface area contributed by atoms with Crippen molar-refractivity contribution in [3.8, 4) is 0 Å². The van der Waals surface area contributed by atoms with Gasteiger partial charge in [0.2, 0.25) is 0 Å². The summed E-state index contributed by atoms with van der Waals surface area (Å²) in [5, 5.41) is 1.81. The summed E-state index contributed by atoms with van der Waals surface area (Å²) >= 11 is 5.95. The number of carbonyl (C=O) groups is 1. The summed E-state index contributed by atoms with van der Waals surface area (Å²) in [5.74, 6) is -0.0358. The molecule has 2 aromatic rings. The summed E-state index contributed by atoms with van der Waals surface area (Å²) in [4.78, 5) is 15.0. The molecule has 3 rings (SSSR count). The maximum atomic E-state index is 11.8. The Morgan fingerprint density at radius 3 is 2.94 bits per heavy atom. The normalized spacial score (nSPS) is 19.3. The van der Waals surface area contributed by atoms with Gasteiger partial charge in [-0.15, -0.1) is 0 Å². The van der Waals surface area contributed by atoms with Crippen LogP contribution in [0.5, 0.6) is 0 Å². The number of allylic oxidation sites excluding steroid dienone is 4. The van der Waals surface area contributed by atoms with E-state index in [-0.39, 0.29) is 11.7 Å². The summed E-state index contributed by atoms with van der Waals surface area (Å²) in [6.45, 7) is 0. The first-order valence-electron chi connectivity index (χ1n) is 5.88. The zero-order chi connectivity index (χ0) is 12.5. The first-order chi connectivity index (χ1) is 8.74. The Morgan fingerprint density at radius 1 is 1.22 bits per heavy atom. The van der Waals surface area contributed by atoms with Crippen LogP contribution in [0.1, 0.15) is 5.56 Å². The largest absolute Gasteiger partial charge is 0.361 e. The van der Waals surface area contributed by atoms with Gasteiger partial charge in [0.15, 0.2) is 5.78 Å². The second-order valence-corrected chi connectivity index (χ2v) is 4.89. The molecule has 3 heteroatoms. The number of carbonyl (C=O) groups excluding carboxylic acids is 1. The highest BCUT2D eigenvalue weighted by atomic mass is 35.5. The van der Waals surface area contributed by atoms with Gasteiger partial charge in [-0.2, -0.15) is 0 Å². The Labute approximate surface area is 110 Å². The Hall–Kier alpha value is -1.80. The monoisotopic (exact) mass is 257 g/mol. The molecule has 18 heavy (non-hydrogen) atoms. The molecule has 1 unspecified atom stereocenters. The molecule has 1 heterocycles. The van der Waals surface area contributed by atoms with E-state index in [1.807, 2.05) is 30.5 Å². The number of fused-ring (bicyclic) bond motifs is 1. The number of ketones is 1. The van der Waals surface area contributed by atoms with Gasteiger partial charge in [-0.3, -0.25) is 4.79 Å². The van der Waals surface area contributed by atoms with Crippen molar-refractivity contribution in [3.63, 3.8) is 0 Å². The molecule has 90 valence electrons. The molecule has 0 saturated carbocycles. The number of halogens is 1. The van der Waals surface area contributed by atoms with Gasteiger partial charge in [0.05, 0.1) is 0 Å². The van der Waals surface area contributed by atoms with Gasteiger partial charge in [-0.05, 0) is 30.2 Å². The zero-order valence-corrected chi connectivity index (χ0v) is 10.4. The van der Waals surface area contributed by atoms with E-state index in [1.54, 1.807) is 12.2 Å². The molecular weight excluding hydrogens is 246 g/mol. The lowest BCUT2D eigenvalue weighted by Crippen LogP contribution is -2.15. The fourth-order valence-corrected chi connectivity index (χ4v) is 2.53. The number of para-hydroxylation sites is 1. The molecule has 0 saturated heterocycles. The molecule has 1 aromatic carbocycles. The third-order valence-electron chi connectivity index (χ3n) is 3.25. The Bertz CT molecular complexity index is 666. The Kier molecular flexibility index (Phi) is 2.80. The van der Waals surface area contributed by atoms with Crippen LogP contribution in [-0.2, 0) is 11.2 Å². The molecule has 1 aliphatic carbocycles. The summed E-state index contributed by atoms with van der Waals surface area (Å²) < 4.78 is 0. The van der Waals surface area contributed by atoms with Crippen LogP contribution in [0.25, 0.3) is 10.9 Å². The minimum Gasteiger partial charge on any atom is -0.361 e. The van der Waals surface area contributed by atoms with Crippen molar-refractivity contribution in [3.05, 3.63) is 59.3 Å². The van der Waals surface area contributed by atoms with Crippen LogP contribution in [0.4, 0.5) is 0 Å². The highest BCUT2D eigenvalue weighted by Crippen LogP contribution is 2.25. The third kappa shape index (κ3) is 2.00. The molecule has 1 aromatic heterocycles.